The van der Waals surface area contributed by atoms with Crippen LogP contribution in [0.4, 0.5) is 0 Å². The van der Waals surface area contributed by atoms with E-state index in [2.05, 4.69) is 15.9 Å². The van der Waals surface area contributed by atoms with Crippen molar-refractivity contribution in [3.05, 3.63) is 71.2 Å². The number of furan rings is 1. The summed E-state index contributed by atoms with van der Waals surface area (Å²) in [7, 11) is -3.89. The Bertz CT molecular complexity index is 1140. The summed E-state index contributed by atoms with van der Waals surface area (Å²) < 4.78 is 36.6. The molecule has 0 saturated carbocycles. The fourth-order valence-corrected chi connectivity index (χ4v) is 3.72. The summed E-state index contributed by atoms with van der Waals surface area (Å²) in [5, 5.41) is 1.73. The van der Waals surface area contributed by atoms with E-state index in [-0.39, 0.29) is 10.6 Å². The van der Waals surface area contributed by atoms with Gasteiger partial charge >= 0.3 is 10.1 Å². The van der Waals surface area contributed by atoms with Crippen molar-refractivity contribution in [1.29, 1.82) is 0 Å². The molecule has 4 nitrogen and oxygen atoms in total. The second-order valence-corrected chi connectivity index (χ2v) is 7.71. The topological polar surface area (TPSA) is 56.5 Å². The summed E-state index contributed by atoms with van der Waals surface area (Å²) in [6.45, 7) is 0. The highest BCUT2D eigenvalue weighted by atomic mass is 79.9. The van der Waals surface area contributed by atoms with Gasteiger partial charge in [-0.15, -0.1) is 0 Å². The van der Waals surface area contributed by atoms with E-state index < -0.39 is 10.1 Å². The van der Waals surface area contributed by atoms with Crippen LogP contribution in [0.5, 0.6) is 5.75 Å². The predicted molar refractivity (Wildman–Crippen MR) is 95.7 cm³/mol. The standard InChI is InChI=1S/C18H11BrO4S/c19-12-5-8-14(9-6-12)24(20,21)23-13-7-10-18-16(11-13)15-3-1-2-4-17(15)22-18/h1-11H. The fourth-order valence-electron chi connectivity index (χ4n) is 2.53. The number of rotatable bonds is 3. The molecule has 0 unspecified atom stereocenters. The molecule has 0 aliphatic rings. The van der Waals surface area contributed by atoms with E-state index in [1.807, 2.05) is 24.3 Å². The van der Waals surface area contributed by atoms with Crippen LogP contribution in [0.25, 0.3) is 21.9 Å². The molecule has 3 aromatic carbocycles. The van der Waals surface area contributed by atoms with E-state index in [1.54, 1.807) is 30.3 Å². The monoisotopic (exact) mass is 402 g/mol. The minimum atomic E-state index is -3.89. The third-order valence-electron chi connectivity index (χ3n) is 3.66. The SMILES string of the molecule is O=S(=O)(Oc1ccc2oc3ccccc3c2c1)c1ccc(Br)cc1. The highest BCUT2D eigenvalue weighted by molar-refractivity contribution is 9.10. The van der Waals surface area contributed by atoms with Crippen LogP contribution in [0.3, 0.4) is 0 Å². The molecule has 4 rings (SSSR count). The molecule has 1 heterocycles. The maximum absolute atomic E-state index is 12.4. The van der Waals surface area contributed by atoms with Crippen molar-refractivity contribution >= 4 is 48.0 Å². The summed E-state index contributed by atoms with van der Waals surface area (Å²) in [6, 6.07) is 18.9. The molecule has 0 fully saturated rings. The molecule has 4 aromatic rings. The summed E-state index contributed by atoms with van der Waals surface area (Å²) >= 11 is 3.28. The van der Waals surface area contributed by atoms with Gasteiger partial charge in [-0.3, -0.25) is 0 Å². The van der Waals surface area contributed by atoms with Crippen LogP contribution in [0, 0.1) is 0 Å². The Morgan fingerprint density at radius 1 is 0.833 bits per heavy atom. The first-order chi connectivity index (χ1) is 11.5. The normalized spacial score (nSPS) is 11.9. The first-order valence-electron chi connectivity index (χ1n) is 7.14. The number of para-hydroxylation sites is 1. The van der Waals surface area contributed by atoms with Crippen molar-refractivity contribution in [1.82, 2.24) is 0 Å². The number of hydrogen-bond acceptors (Lipinski definition) is 4. The van der Waals surface area contributed by atoms with Gasteiger partial charge < -0.3 is 8.60 Å². The Morgan fingerprint density at radius 2 is 1.54 bits per heavy atom. The van der Waals surface area contributed by atoms with Crippen LogP contribution < -0.4 is 4.18 Å². The van der Waals surface area contributed by atoms with Crippen LogP contribution in [-0.2, 0) is 10.1 Å². The molecule has 0 aliphatic carbocycles. The maximum Gasteiger partial charge on any atom is 0.339 e. The van der Waals surface area contributed by atoms with Crippen molar-refractivity contribution in [2.75, 3.05) is 0 Å². The van der Waals surface area contributed by atoms with Crippen LogP contribution in [0.1, 0.15) is 0 Å². The predicted octanol–water partition coefficient (Wildman–Crippen LogP) is 5.12. The molecule has 0 amide bonds. The highest BCUT2D eigenvalue weighted by Crippen LogP contribution is 2.32. The van der Waals surface area contributed by atoms with Crippen LogP contribution in [0.15, 0.2) is 80.5 Å². The Labute approximate surface area is 146 Å². The lowest BCUT2D eigenvalue weighted by atomic mass is 10.1. The second-order valence-electron chi connectivity index (χ2n) is 5.25. The summed E-state index contributed by atoms with van der Waals surface area (Å²) in [6.07, 6.45) is 0. The second kappa shape index (κ2) is 5.65. The first-order valence-corrected chi connectivity index (χ1v) is 9.34. The molecule has 0 aliphatic heterocycles. The van der Waals surface area contributed by atoms with Gasteiger partial charge in [-0.25, -0.2) is 0 Å². The molecule has 6 heteroatoms. The Kier molecular flexibility index (Phi) is 3.58. The molecule has 0 saturated heterocycles. The van der Waals surface area contributed by atoms with Gasteiger partial charge in [0.25, 0.3) is 0 Å². The Morgan fingerprint density at radius 3 is 2.33 bits per heavy atom. The van der Waals surface area contributed by atoms with E-state index >= 15 is 0 Å². The molecule has 0 radical (unpaired) electrons. The summed E-state index contributed by atoms with van der Waals surface area (Å²) in [5.41, 5.74) is 1.44. The lowest BCUT2D eigenvalue weighted by molar-refractivity contribution is 0.486. The van der Waals surface area contributed by atoms with Gasteiger partial charge in [0.15, 0.2) is 0 Å². The number of halogens is 1. The van der Waals surface area contributed by atoms with Crippen molar-refractivity contribution in [3.8, 4) is 5.75 Å². The van der Waals surface area contributed by atoms with E-state index in [0.717, 1.165) is 20.8 Å². The zero-order valence-electron chi connectivity index (χ0n) is 12.3. The number of fused-ring (bicyclic) bond motifs is 3. The average molecular weight is 403 g/mol. The minimum absolute atomic E-state index is 0.0999. The highest BCUT2D eigenvalue weighted by Gasteiger charge is 2.17. The smallest absolute Gasteiger partial charge is 0.339 e. The molecule has 24 heavy (non-hydrogen) atoms. The lowest BCUT2D eigenvalue weighted by Gasteiger charge is -2.07. The van der Waals surface area contributed by atoms with E-state index in [4.69, 9.17) is 8.60 Å². The van der Waals surface area contributed by atoms with Crippen molar-refractivity contribution < 1.29 is 17.0 Å². The van der Waals surface area contributed by atoms with Crippen LogP contribution >= 0.6 is 15.9 Å². The fraction of sp³-hybridized carbons (Fsp3) is 0. The molecular formula is C18H11BrO4S. The minimum Gasteiger partial charge on any atom is -0.456 e. The third-order valence-corrected chi connectivity index (χ3v) is 5.45. The van der Waals surface area contributed by atoms with Crippen LogP contribution in [-0.4, -0.2) is 8.42 Å². The van der Waals surface area contributed by atoms with Crippen molar-refractivity contribution in [3.63, 3.8) is 0 Å². The van der Waals surface area contributed by atoms with Crippen molar-refractivity contribution in [2.24, 2.45) is 0 Å². The van der Waals surface area contributed by atoms with E-state index in [9.17, 15) is 8.42 Å². The quantitative estimate of drug-likeness (QED) is 0.446. The van der Waals surface area contributed by atoms with E-state index in [1.165, 1.54) is 12.1 Å². The van der Waals surface area contributed by atoms with Crippen molar-refractivity contribution in [2.45, 2.75) is 4.90 Å². The molecule has 1 aromatic heterocycles. The molecular weight excluding hydrogens is 392 g/mol. The van der Waals surface area contributed by atoms with Gasteiger partial charge in [0, 0.05) is 15.2 Å². The third kappa shape index (κ3) is 2.68. The number of hydrogen-bond donors (Lipinski definition) is 0. The lowest BCUT2D eigenvalue weighted by Crippen LogP contribution is -2.09. The Balaban J connectivity index is 1.76. The van der Waals surface area contributed by atoms with Crippen LogP contribution in [0.2, 0.25) is 0 Å². The molecule has 0 spiro atoms. The van der Waals surface area contributed by atoms with Gasteiger partial charge in [0.2, 0.25) is 0 Å². The summed E-state index contributed by atoms with van der Waals surface area (Å²) in [4.78, 5) is 0.0999. The molecule has 120 valence electrons. The first kappa shape index (κ1) is 15.2. The summed E-state index contributed by atoms with van der Waals surface area (Å²) in [5.74, 6) is 0.247. The van der Waals surface area contributed by atoms with Gasteiger partial charge in [-0.1, -0.05) is 34.1 Å². The maximum atomic E-state index is 12.4. The molecule has 0 atom stereocenters. The van der Waals surface area contributed by atoms with Gasteiger partial charge in [0.1, 0.15) is 21.8 Å². The zero-order valence-corrected chi connectivity index (χ0v) is 14.7. The Hall–Kier alpha value is -2.31. The number of benzene rings is 3. The van der Waals surface area contributed by atoms with E-state index in [0.29, 0.717) is 5.58 Å². The average Bonchev–Trinajstić information content (AvgIpc) is 2.93. The van der Waals surface area contributed by atoms with Gasteiger partial charge in [-0.05, 0) is 48.5 Å². The van der Waals surface area contributed by atoms with Gasteiger partial charge in [-0.2, -0.15) is 8.42 Å². The largest absolute Gasteiger partial charge is 0.456 e. The molecule has 0 N–H and O–H groups in total. The zero-order chi connectivity index (χ0) is 16.7. The van der Waals surface area contributed by atoms with Gasteiger partial charge in [0.05, 0.1) is 0 Å². The molecule has 0 bridgehead atoms.